The fraction of sp³-hybridized carbons (Fsp3) is 0.353. The topological polar surface area (TPSA) is 28.2 Å². The van der Waals surface area contributed by atoms with E-state index < -0.39 is 0 Å². The van der Waals surface area contributed by atoms with Crippen LogP contribution in [0.5, 0.6) is 0 Å². The van der Waals surface area contributed by atoms with Gasteiger partial charge in [0.15, 0.2) is 0 Å². The first-order valence-electron chi connectivity index (χ1n) is 7.42. The van der Waals surface area contributed by atoms with Gasteiger partial charge in [0.1, 0.15) is 11.6 Å². The molecular formula is C17H22FN3. The second-order valence-corrected chi connectivity index (χ2v) is 4.94. The van der Waals surface area contributed by atoms with Gasteiger partial charge in [-0.1, -0.05) is 19.1 Å². The van der Waals surface area contributed by atoms with Gasteiger partial charge in [-0.2, -0.15) is 0 Å². The molecule has 112 valence electrons. The molecule has 1 heterocycles. The third-order valence-corrected chi connectivity index (χ3v) is 3.33. The summed E-state index contributed by atoms with van der Waals surface area (Å²) in [6.45, 7) is 6.47. The number of anilines is 2. The highest BCUT2D eigenvalue weighted by atomic mass is 19.1. The van der Waals surface area contributed by atoms with Gasteiger partial charge in [0.2, 0.25) is 0 Å². The number of hydrogen-bond donors (Lipinski definition) is 1. The lowest BCUT2D eigenvalue weighted by molar-refractivity contribution is 0.618. The highest BCUT2D eigenvalue weighted by Crippen LogP contribution is 2.21. The average molecular weight is 287 g/mol. The Morgan fingerprint density at radius 3 is 2.71 bits per heavy atom. The van der Waals surface area contributed by atoms with E-state index in [1.54, 1.807) is 12.3 Å². The second-order valence-electron chi connectivity index (χ2n) is 4.94. The van der Waals surface area contributed by atoms with E-state index in [1.165, 1.54) is 6.07 Å². The van der Waals surface area contributed by atoms with E-state index in [4.69, 9.17) is 0 Å². The lowest BCUT2D eigenvalue weighted by Crippen LogP contribution is -2.23. The fourth-order valence-corrected chi connectivity index (χ4v) is 2.22. The van der Waals surface area contributed by atoms with E-state index in [1.807, 2.05) is 36.1 Å². The van der Waals surface area contributed by atoms with Gasteiger partial charge in [0, 0.05) is 25.8 Å². The summed E-state index contributed by atoms with van der Waals surface area (Å²) in [5, 5.41) is 3.27. The molecule has 0 fully saturated rings. The van der Waals surface area contributed by atoms with Crippen LogP contribution < -0.4 is 10.2 Å². The molecule has 4 heteroatoms. The normalized spacial score (nSPS) is 10.4. The summed E-state index contributed by atoms with van der Waals surface area (Å²) in [5.74, 6) is 0.691. The van der Waals surface area contributed by atoms with E-state index in [0.29, 0.717) is 12.2 Å². The molecule has 21 heavy (non-hydrogen) atoms. The van der Waals surface area contributed by atoms with Crippen LogP contribution in [0.25, 0.3) is 0 Å². The maximum Gasteiger partial charge on any atom is 0.146 e. The van der Waals surface area contributed by atoms with E-state index in [-0.39, 0.29) is 5.82 Å². The number of benzene rings is 1. The molecule has 0 saturated carbocycles. The Hall–Kier alpha value is -2.10. The molecule has 0 spiro atoms. The minimum Gasteiger partial charge on any atom is -0.370 e. The monoisotopic (exact) mass is 287 g/mol. The molecule has 0 bridgehead atoms. The molecule has 2 rings (SSSR count). The molecule has 1 aromatic carbocycles. The van der Waals surface area contributed by atoms with Crippen molar-refractivity contribution in [3.63, 3.8) is 0 Å². The molecule has 0 atom stereocenters. The lowest BCUT2D eigenvalue weighted by Gasteiger charge is -2.23. The van der Waals surface area contributed by atoms with Gasteiger partial charge in [-0.3, -0.25) is 0 Å². The van der Waals surface area contributed by atoms with Crippen LogP contribution in [0.2, 0.25) is 0 Å². The Morgan fingerprint density at radius 1 is 1.19 bits per heavy atom. The van der Waals surface area contributed by atoms with Crippen LogP contribution >= 0.6 is 0 Å². The van der Waals surface area contributed by atoms with Gasteiger partial charge in [0.05, 0.1) is 5.69 Å². The van der Waals surface area contributed by atoms with Crippen LogP contribution in [-0.2, 0) is 6.54 Å². The number of halogens is 1. The van der Waals surface area contributed by atoms with Crippen LogP contribution in [0.1, 0.15) is 25.8 Å². The second kappa shape index (κ2) is 7.62. The first-order valence-corrected chi connectivity index (χ1v) is 7.42. The van der Waals surface area contributed by atoms with Gasteiger partial charge in [-0.05, 0) is 43.2 Å². The summed E-state index contributed by atoms with van der Waals surface area (Å²) in [4.78, 5) is 6.32. The van der Waals surface area contributed by atoms with Crippen LogP contribution in [0.4, 0.5) is 15.9 Å². The molecule has 1 N–H and O–H groups in total. The molecule has 0 radical (unpaired) electrons. The molecule has 1 aromatic heterocycles. The first kappa shape index (κ1) is 15.3. The standard InChI is InChI=1S/C17H22FN3/c1-3-10-19-17-12-14(9-11-20-17)13-21(4-2)16-8-6-5-7-15(16)18/h5-9,11-12H,3-4,10,13H2,1-2H3,(H,19,20). The maximum absolute atomic E-state index is 13.9. The van der Waals surface area contributed by atoms with E-state index in [2.05, 4.69) is 17.2 Å². The van der Waals surface area contributed by atoms with Gasteiger partial charge in [0.25, 0.3) is 0 Å². The summed E-state index contributed by atoms with van der Waals surface area (Å²) in [5.41, 5.74) is 1.76. The molecule has 0 amide bonds. The van der Waals surface area contributed by atoms with E-state index in [9.17, 15) is 4.39 Å². The predicted octanol–water partition coefficient (Wildman–Crippen LogP) is 4.07. The van der Waals surface area contributed by atoms with Crippen LogP contribution in [-0.4, -0.2) is 18.1 Å². The Labute approximate surface area is 125 Å². The zero-order chi connectivity index (χ0) is 15.1. The van der Waals surface area contributed by atoms with Crippen LogP contribution in [0.3, 0.4) is 0 Å². The van der Waals surface area contributed by atoms with E-state index >= 15 is 0 Å². The Balaban J connectivity index is 2.13. The lowest BCUT2D eigenvalue weighted by atomic mass is 10.2. The quantitative estimate of drug-likeness (QED) is 0.832. The molecule has 2 aromatic rings. The number of pyridine rings is 1. The summed E-state index contributed by atoms with van der Waals surface area (Å²) < 4.78 is 13.9. The number of nitrogens with one attached hydrogen (secondary N) is 1. The summed E-state index contributed by atoms with van der Waals surface area (Å²) >= 11 is 0. The molecule has 3 nitrogen and oxygen atoms in total. The molecular weight excluding hydrogens is 265 g/mol. The SMILES string of the molecule is CCCNc1cc(CN(CC)c2ccccc2F)ccn1. The highest BCUT2D eigenvalue weighted by molar-refractivity contribution is 5.49. The third kappa shape index (κ3) is 4.18. The predicted molar refractivity (Wildman–Crippen MR) is 86.1 cm³/mol. The van der Waals surface area contributed by atoms with Crippen molar-refractivity contribution in [2.75, 3.05) is 23.3 Å². The van der Waals surface area contributed by atoms with Gasteiger partial charge >= 0.3 is 0 Å². The Kier molecular flexibility index (Phi) is 5.55. The van der Waals surface area contributed by atoms with Crippen molar-refractivity contribution in [3.8, 4) is 0 Å². The Bertz CT molecular complexity index is 571. The van der Waals surface area contributed by atoms with Gasteiger partial charge < -0.3 is 10.2 Å². The number of aromatic nitrogens is 1. The zero-order valence-electron chi connectivity index (χ0n) is 12.6. The summed E-state index contributed by atoms with van der Waals surface area (Å²) in [6.07, 6.45) is 2.85. The van der Waals surface area contributed by atoms with Crippen molar-refractivity contribution in [1.29, 1.82) is 0 Å². The molecule has 0 aliphatic rings. The Morgan fingerprint density at radius 2 is 2.00 bits per heavy atom. The molecule has 0 unspecified atom stereocenters. The molecule has 0 aliphatic heterocycles. The van der Waals surface area contributed by atoms with Gasteiger partial charge in [-0.25, -0.2) is 9.37 Å². The van der Waals surface area contributed by atoms with Crippen LogP contribution in [0, 0.1) is 5.82 Å². The number of para-hydroxylation sites is 1. The maximum atomic E-state index is 13.9. The highest BCUT2D eigenvalue weighted by Gasteiger charge is 2.10. The number of nitrogens with zero attached hydrogens (tertiary/aromatic N) is 2. The smallest absolute Gasteiger partial charge is 0.146 e. The van der Waals surface area contributed by atoms with Crippen molar-refractivity contribution in [2.45, 2.75) is 26.8 Å². The number of hydrogen-bond acceptors (Lipinski definition) is 3. The van der Waals surface area contributed by atoms with Gasteiger partial charge in [-0.15, -0.1) is 0 Å². The largest absolute Gasteiger partial charge is 0.370 e. The number of rotatable bonds is 7. The van der Waals surface area contributed by atoms with Crippen molar-refractivity contribution in [3.05, 3.63) is 54.0 Å². The summed E-state index contributed by atoms with van der Waals surface area (Å²) in [7, 11) is 0. The van der Waals surface area contributed by atoms with Crippen molar-refractivity contribution in [2.24, 2.45) is 0 Å². The minimum atomic E-state index is -0.183. The molecule has 0 aliphatic carbocycles. The minimum absolute atomic E-state index is 0.183. The van der Waals surface area contributed by atoms with Crippen molar-refractivity contribution >= 4 is 11.5 Å². The third-order valence-electron chi connectivity index (χ3n) is 3.33. The average Bonchev–Trinajstić information content (AvgIpc) is 2.52. The first-order chi connectivity index (χ1) is 10.2. The summed E-state index contributed by atoms with van der Waals surface area (Å²) in [6, 6.07) is 10.9. The molecule has 0 saturated heterocycles. The fourth-order valence-electron chi connectivity index (χ4n) is 2.22. The van der Waals surface area contributed by atoms with Crippen LogP contribution in [0.15, 0.2) is 42.6 Å². The zero-order valence-corrected chi connectivity index (χ0v) is 12.6. The van der Waals surface area contributed by atoms with Crippen molar-refractivity contribution < 1.29 is 4.39 Å². The van der Waals surface area contributed by atoms with E-state index in [0.717, 1.165) is 30.9 Å². The van der Waals surface area contributed by atoms with Crippen molar-refractivity contribution in [1.82, 2.24) is 4.98 Å².